The average Bonchev–Trinajstić information content (AvgIpc) is 2.68. The van der Waals surface area contributed by atoms with Gasteiger partial charge in [-0.05, 0) is 30.0 Å². The summed E-state index contributed by atoms with van der Waals surface area (Å²) in [5, 5.41) is 9.58. The number of halogens is 9. The number of benzene rings is 1. The second-order valence-electron chi connectivity index (χ2n) is 8.16. The van der Waals surface area contributed by atoms with Crippen LogP contribution in [0.2, 0.25) is 0 Å². The third-order valence-electron chi connectivity index (χ3n) is 5.56. The molecular formula is C22H29F9O. The van der Waals surface area contributed by atoms with Gasteiger partial charge < -0.3 is 5.11 Å². The Hall–Kier alpha value is -1.61. The van der Waals surface area contributed by atoms with Crippen molar-refractivity contribution in [1.29, 1.82) is 0 Å². The van der Waals surface area contributed by atoms with Gasteiger partial charge in [-0.2, -0.15) is 39.5 Å². The van der Waals surface area contributed by atoms with Crippen molar-refractivity contribution < 1.29 is 44.6 Å². The van der Waals surface area contributed by atoms with E-state index in [4.69, 9.17) is 0 Å². The summed E-state index contributed by atoms with van der Waals surface area (Å²) in [6, 6.07) is 2.14. The molecule has 186 valence electrons. The zero-order chi connectivity index (χ0) is 24.8. The van der Waals surface area contributed by atoms with Gasteiger partial charge in [0.25, 0.3) is 0 Å². The summed E-state index contributed by atoms with van der Waals surface area (Å²) in [4.78, 5) is 0. The quantitative estimate of drug-likeness (QED) is 0.221. The van der Waals surface area contributed by atoms with Crippen LogP contribution in [-0.2, 0) is 5.92 Å². The third-order valence-corrected chi connectivity index (χ3v) is 5.56. The molecule has 0 saturated heterocycles. The second kappa shape index (κ2) is 11.0. The Bertz CT molecular complexity index is 714. The van der Waals surface area contributed by atoms with E-state index in [0.29, 0.717) is 25.0 Å². The summed E-state index contributed by atoms with van der Waals surface area (Å²) in [5.41, 5.74) is -1.93. The van der Waals surface area contributed by atoms with Crippen molar-refractivity contribution in [1.82, 2.24) is 0 Å². The van der Waals surface area contributed by atoms with Crippen LogP contribution in [0.15, 0.2) is 18.2 Å². The van der Waals surface area contributed by atoms with Gasteiger partial charge in [0, 0.05) is 0 Å². The fourth-order valence-electron chi connectivity index (χ4n) is 3.41. The Labute approximate surface area is 182 Å². The molecule has 1 N–H and O–H groups in total. The lowest BCUT2D eigenvalue weighted by molar-refractivity contribution is -0.399. The summed E-state index contributed by atoms with van der Waals surface area (Å²) in [5.74, 6) is -21.7. The molecule has 0 aromatic heterocycles. The molecule has 10 heteroatoms. The maximum atomic E-state index is 14.3. The van der Waals surface area contributed by atoms with Crippen LogP contribution in [0.5, 0.6) is 5.75 Å². The average molecular weight is 480 g/mol. The summed E-state index contributed by atoms with van der Waals surface area (Å²) in [6.07, 6.45) is 1.68. The van der Waals surface area contributed by atoms with Gasteiger partial charge in [-0.3, -0.25) is 0 Å². The van der Waals surface area contributed by atoms with E-state index in [1.165, 1.54) is 6.42 Å². The first-order valence-electron chi connectivity index (χ1n) is 10.6. The Balaban J connectivity index is 2.92. The molecule has 1 aromatic carbocycles. The van der Waals surface area contributed by atoms with Crippen molar-refractivity contribution in [2.24, 2.45) is 0 Å². The first-order chi connectivity index (χ1) is 14.6. The van der Waals surface area contributed by atoms with E-state index in [9.17, 15) is 44.6 Å². The molecule has 0 aliphatic rings. The lowest BCUT2D eigenvalue weighted by Crippen LogP contribution is -2.59. The van der Waals surface area contributed by atoms with E-state index in [1.54, 1.807) is 6.92 Å². The molecule has 1 nitrogen and oxygen atoms in total. The number of unbranched alkanes of at least 4 members (excludes halogenated alkanes) is 7. The standard InChI is InChI=1S/C22H29F9O/c1-3-4-5-6-7-8-9-10-11-15(2)16-12-13-18(32)17(14-16)19(23,24)20(25,26)21(27,28)22(29,30)31/h12-15,32H,3-11H2,1-2H3. The highest BCUT2D eigenvalue weighted by molar-refractivity contribution is 5.42. The SMILES string of the molecule is CCCCCCCCCCC(C)c1ccc(O)c(C(F)(F)C(F)(F)C(F)(F)C(F)(F)F)c1. The Kier molecular flexibility index (Phi) is 9.78. The fourth-order valence-corrected chi connectivity index (χ4v) is 3.41. The van der Waals surface area contributed by atoms with Crippen LogP contribution < -0.4 is 0 Å². The third kappa shape index (κ3) is 6.25. The first-order valence-corrected chi connectivity index (χ1v) is 10.6. The lowest BCUT2D eigenvalue weighted by atomic mass is 9.89. The summed E-state index contributed by atoms with van der Waals surface area (Å²) < 4.78 is 119. The van der Waals surface area contributed by atoms with Crippen LogP contribution >= 0.6 is 0 Å². The molecule has 0 amide bonds. The van der Waals surface area contributed by atoms with Crippen LogP contribution in [0.1, 0.15) is 88.7 Å². The molecule has 0 bridgehead atoms. The van der Waals surface area contributed by atoms with Gasteiger partial charge in [0.05, 0.1) is 5.56 Å². The maximum absolute atomic E-state index is 14.3. The minimum absolute atomic E-state index is 0.0338. The molecule has 32 heavy (non-hydrogen) atoms. The van der Waals surface area contributed by atoms with Crippen LogP contribution in [0.25, 0.3) is 0 Å². The molecule has 1 aromatic rings. The van der Waals surface area contributed by atoms with Crippen molar-refractivity contribution in [3.05, 3.63) is 29.3 Å². The largest absolute Gasteiger partial charge is 0.507 e. The van der Waals surface area contributed by atoms with E-state index in [2.05, 4.69) is 6.92 Å². The van der Waals surface area contributed by atoms with E-state index in [-0.39, 0.29) is 5.56 Å². The minimum atomic E-state index is -7.01. The molecule has 0 aliphatic carbocycles. The second-order valence-corrected chi connectivity index (χ2v) is 8.16. The molecule has 1 atom stereocenters. The monoisotopic (exact) mass is 480 g/mol. The predicted molar refractivity (Wildman–Crippen MR) is 104 cm³/mol. The van der Waals surface area contributed by atoms with E-state index >= 15 is 0 Å². The van der Waals surface area contributed by atoms with Crippen molar-refractivity contribution in [3.63, 3.8) is 0 Å². The van der Waals surface area contributed by atoms with Crippen LogP contribution in [-0.4, -0.2) is 23.1 Å². The zero-order valence-electron chi connectivity index (χ0n) is 18.0. The van der Waals surface area contributed by atoms with Crippen LogP contribution in [0, 0.1) is 0 Å². The van der Waals surface area contributed by atoms with E-state index in [0.717, 1.165) is 44.6 Å². The normalized spacial score (nSPS) is 14.6. The number of phenolic OH excluding ortho intramolecular Hbond substituents is 1. The smallest absolute Gasteiger partial charge is 0.460 e. The van der Waals surface area contributed by atoms with Crippen molar-refractivity contribution >= 4 is 0 Å². The van der Waals surface area contributed by atoms with Gasteiger partial charge in [0.2, 0.25) is 0 Å². The lowest BCUT2D eigenvalue weighted by Gasteiger charge is -2.34. The fraction of sp³-hybridized carbons (Fsp3) is 0.727. The van der Waals surface area contributed by atoms with Crippen molar-refractivity contribution in [2.75, 3.05) is 0 Å². The molecular weight excluding hydrogens is 451 g/mol. The molecule has 0 fully saturated rings. The Morgan fingerprint density at radius 2 is 1.25 bits per heavy atom. The van der Waals surface area contributed by atoms with Gasteiger partial charge in [0.1, 0.15) is 5.75 Å². The molecule has 1 rings (SSSR count). The highest BCUT2D eigenvalue weighted by atomic mass is 19.4. The van der Waals surface area contributed by atoms with Gasteiger partial charge >= 0.3 is 23.9 Å². The topological polar surface area (TPSA) is 20.2 Å². The van der Waals surface area contributed by atoms with E-state index < -0.39 is 41.2 Å². The number of aromatic hydroxyl groups is 1. The van der Waals surface area contributed by atoms with Gasteiger partial charge in [-0.25, -0.2) is 0 Å². The summed E-state index contributed by atoms with van der Waals surface area (Å²) in [6.45, 7) is 3.70. The molecule has 0 aliphatic heterocycles. The molecule has 1 unspecified atom stereocenters. The maximum Gasteiger partial charge on any atom is 0.460 e. The zero-order valence-corrected chi connectivity index (χ0v) is 18.0. The van der Waals surface area contributed by atoms with Crippen molar-refractivity contribution in [2.45, 2.75) is 101 Å². The molecule has 0 spiro atoms. The number of hydrogen-bond acceptors (Lipinski definition) is 1. The number of phenols is 1. The molecule has 0 saturated carbocycles. The molecule has 0 heterocycles. The summed E-state index contributed by atoms with van der Waals surface area (Å²) in [7, 11) is 0. The number of alkyl halides is 9. The van der Waals surface area contributed by atoms with Crippen LogP contribution in [0.4, 0.5) is 39.5 Å². The number of rotatable bonds is 13. The highest BCUT2D eigenvalue weighted by Crippen LogP contribution is 2.57. The van der Waals surface area contributed by atoms with Gasteiger partial charge in [-0.1, -0.05) is 71.3 Å². The molecule has 0 radical (unpaired) electrons. The highest BCUT2D eigenvalue weighted by Gasteiger charge is 2.82. The summed E-state index contributed by atoms with van der Waals surface area (Å²) >= 11 is 0. The Morgan fingerprint density at radius 3 is 1.75 bits per heavy atom. The van der Waals surface area contributed by atoms with Crippen molar-refractivity contribution in [3.8, 4) is 5.75 Å². The Morgan fingerprint density at radius 1 is 0.750 bits per heavy atom. The van der Waals surface area contributed by atoms with Crippen LogP contribution in [0.3, 0.4) is 0 Å². The van der Waals surface area contributed by atoms with Gasteiger partial charge in [0.15, 0.2) is 0 Å². The predicted octanol–water partition coefficient (Wildman–Crippen LogP) is 8.95. The first kappa shape index (κ1) is 28.4. The minimum Gasteiger partial charge on any atom is -0.507 e. The van der Waals surface area contributed by atoms with Gasteiger partial charge in [-0.15, -0.1) is 0 Å². The van der Waals surface area contributed by atoms with E-state index in [1.807, 2.05) is 0 Å². The number of hydrogen-bond donors (Lipinski definition) is 1.